The van der Waals surface area contributed by atoms with Gasteiger partial charge in [0.05, 0.1) is 0 Å². The third-order valence-corrected chi connectivity index (χ3v) is 2.31. The zero-order valence-corrected chi connectivity index (χ0v) is 6.95. The number of hydrogen-bond acceptors (Lipinski definition) is 3. The predicted molar refractivity (Wildman–Crippen MR) is 46.8 cm³/mol. The van der Waals surface area contributed by atoms with Gasteiger partial charge in [0, 0.05) is 5.56 Å². The van der Waals surface area contributed by atoms with Crippen LogP contribution in [0.15, 0.2) is 18.2 Å². The average Bonchev–Trinajstić information content (AvgIpc) is 2.29. The van der Waals surface area contributed by atoms with Crippen LogP contribution in [-0.4, -0.2) is 25.0 Å². The van der Waals surface area contributed by atoms with Gasteiger partial charge in [-0.1, -0.05) is 0 Å². The lowest BCUT2D eigenvalue weighted by Gasteiger charge is -2.18. The highest BCUT2D eigenvalue weighted by Crippen LogP contribution is 2.24. The summed E-state index contributed by atoms with van der Waals surface area (Å²) in [6, 6.07) is 4.86. The van der Waals surface area contributed by atoms with Crippen molar-refractivity contribution >= 4 is 5.78 Å². The molecule has 1 unspecified atom stereocenters. The van der Waals surface area contributed by atoms with Gasteiger partial charge < -0.3 is 10.2 Å². The first-order valence-electron chi connectivity index (χ1n) is 5.00. The lowest BCUT2D eigenvalue weighted by molar-refractivity contribution is 0.0712. The molecule has 2 rings (SSSR count). The van der Waals surface area contributed by atoms with Gasteiger partial charge in [0.2, 0.25) is 1.43 Å². The molecule has 1 atom stereocenters. The molecule has 0 amide bonds. The number of aliphatic hydroxyl groups excluding tert-OH is 1. The Morgan fingerprint density at radius 3 is 3.23 bits per heavy atom. The van der Waals surface area contributed by atoms with Gasteiger partial charge in [0.1, 0.15) is 11.9 Å². The SMILES string of the molecule is [2H]Oc1ccc2c(c1)CCC(O[2H])C2=O. The van der Waals surface area contributed by atoms with Crippen LogP contribution in [0.3, 0.4) is 0 Å². The Bertz CT molecular complexity index is 392. The van der Waals surface area contributed by atoms with Crippen molar-refractivity contribution in [2.45, 2.75) is 18.9 Å². The second-order valence-electron chi connectivity index (χ2n) is 3.21. The predicted octanol–water partition coefficient (Wildman–Crippen LogP) is 0.882. The number of ketones is 1. The van der Waals surface area contributed by atoms with Crippen LogP contribution in [0.2, 0.25) is 0 Å². The monoisotopic (exact) mass is 180 g/mol. The highest BCUT2D eigenvalue weighted by atomic mass is 16.3. The molecule has 2 N–H and O–H groups in total. The van der Waals surface area contributed by atoms with Crippen molar-refractivity contribution in [1.29, 1.82) is 2.86 Å². The van der Waals surface area contributed by atoms with E-state index in [4.69, 9.17) is 2.86 Å². The maximum absolute atomic E-state index is 11.7. The molecule has 68 valence electrons. The minimum Gasteiger partial charge on any atom is -0.508 e. The van der Waals surface area contributed by atoms with Gasteiger partial charge in [-0.05, 0) is 36.6 Å². The fourth-order valence-electron chi connectivity index (χ4n) is 1.61. The van der Waals surface area contributed by atoms with E-state index in [9.17, 15) is 4.79 Å². The highest BCUT2D eigenvalue weighted by Gasteiger charge is 2.25. The van der Waals surface area contributed by atoms with Gasteiger partial charge in [0.15, 0.2) is 5.78 Å². The van der Waals surface area contributed by atoms with E-state index in [1.54, 1.807) is 18.2 Å². The van der Waals surface area contributed by atoms with E-state index in [1.807, 2.05) is 0 Å². The van der Waals surface area contributed by atoms with E-state index in [1.165, 1.54) is 0 Å². The van der Waals surface area contributed by atoms with Gasteiger partial charge in [-0.25, -0.2) is 0 Å². The Balaban J connectivity index is 2.37. The second-order valence-corrected chi connectivity index (χ2v) is 3.21. The first-order valence-corrected chi connectivity index (χ1v) is 4.18. The van der Waals surface area contributed by atoms with Crippen molar-refractivity contribution in [3.8, 4) is 5.75 Å². The summed E-state index contributed by atoms with van der Waals surface area (Å²) >= 11 is 0. The van der Waals surface area contributed by atoms with Crippen LogP contribution in [0.25, 0.3) is 0 Å². The quantitative estimate of drug-likeness (QED) is 0.710. The number of aromatic hydroxyl groups is 1. The number of hydrogen-bond donors (Lipinski definition) is 2. The fourth-order valence-corrected chi connectivity index (χ4v) is 1.61. The summed E-state index contributed by atoms with van der Waals surface area (Å²) in [6.45, 7) is 0. The summed E-state index contributed by atoms with van der Waals surface area (Å²) in [5.74, 6) is 0.259. The average molecular weight is 180 g/mol. The first kappa shape index (κ1) is 6.16. The number of benzene rings is 1. The Labute approximate surface area is 78.6 Å². The lowest BCUT2D eigenvalue weighted by Crippen LogP contribution is -2.26. The van der Waals surface area contributed by atoms with Crippen molar-refractivity contribution < 1.29 is 15.0 Å². The molecule has 0 aromatic heterocycles. The van der Waals surface area contributed by atoms with Crippen LogP contribution in [0.5, 0.6) is 5.75 Å². The topological polar surface area (TPSA) is 57.5 Å². The number of carbonyl (C=O) groups is 1. The third kappa shape index (κ3) is 1.31. The molecule has 0 radical (unpaired) electrons. The van der Waals surface area contributed by atoms with E-state index in [-0.39, 0.29) is 5.78 Å². The van der Waals surface area contributed by atoms with Crippen LogP contribution in [0, 0.1) is 0 Å². The number of fused-ring (bicyclic) bond motifs is 1. The minimum atomic E-state index is -0.653. The van der Waals surface area contributed by atoms with Gasteiger partial charge >= 0.3 is 0 Å². The molecular formula is C10H10O3. The molecule has 3 heteroatoms. The van der Waals surface area contributed by atoms with E-state index in [2.05, 4.69) is 10.2 Å². The Kier molecular flexibility index (Phi) is 1.35. The van der Waals surface area contributed by atoms with Crippen LogP contribution in [0.1, 0.15) is 22.3 Å². The van der Waals surface area contributed by atoms with Crippen molar-refractivity contribution in [2.75, 3.05) is 0 Å². The molecule has 0 fully saturated rings. The maximum Gasteiger partial charge on any atom is 0.293 e. The van der Waals surface area contributed by atoms with Crippen molar-refractivity contribution in [3.63, 3.8) is 0 Å². The fraction of sp³-hybridized carbons (Fsp3) is 0.300. The second kappa shape index (κ2) is 2.85. The zero-order chi connectivity index (χ0) is 10.8. The van der Waals surface area contributed by atoms with Crippen LogP contribution >= 0.6 is 0 Å². The molecule has 0 saturated carbocycles. The summed E-state index contributed by atoms with van der Waals surface area (Å²) in [7, 11) is 0. The summed E-state index contributed by atoms with van der Waals surface area (Å²) in [6.07, 6.45) is 0.527. The van der Waals surface area contributed by atoms with Gasteiger partial charge in [-0.15, -0.1) is 0 Å². The van der Waals surface area contributed by atoms with Crippen molar-refractivity contribution in [3.05, 3.63) is 29.3 Å². The van der Waals surface area contributed by atoms with E-state index < -0.39 is 6.10 Å². The number of Topliss-reactive ketones (excluding diaryl/α,β-unsaturated/α-hetero) is 1. The normalized spacial score (nSPS) is 23.1. The number of aliphatic hydroxyl groups is 1. The lowest BCUT2D eigenvalue weighted by atomic mass is 9.89. The Hall–Kier alpha value is -1.35. The van der Waals surface area contributed by atoms with Crippen molar-refractivity contribution in [1.82, 2.24) is 0 Å². The van der Waals surface area contributed by atoms with Crippen LogP contribution in [0.4, 0.5) is 0 Å². The number of phenolic OH excluding ortho intramolecular Hbond substituents is 1. The van der Waals surface area contributed by atoms with E-state index in [0.29, 0.717) is 24.2 Å². The van der Waals surface area contributed by atoms with Gasteiger partial charge in [-0.2, -0.15) is 0 Å². The summed E-state index contributed by atoms with van der Waals surface area (Å²) < 4.78 is 13.5. The first-order chi connectivity index (χ1) is 7.26. The molecule has 1 aliphatic rings. The molecule has 3 nitrogen and oxygen atoms in total. The highest BCUT2D eigenvalue weighted by molar-refractivity contribution is 6.01. The molecular weight excluding hydrogens is 168 g/mol. The summed E-state index contributed by atoms with van der Waals surface area (Å²) in [5, 5.41) is 8.69. The molecule has 0 heterocycles. The molecule has 0 saturated heterocycles. The molecule has 0 bridgehead atoms. The third-order valence-electron chi connectivity index (χ3n) is 2.31. The number of carbonyl (C=O) groups excluding carboxylic acids is 1. The molecule has 13 heavy (non-hydrogen) atoms. The van der Waals surface area contributed by atoms with Crippen molar-refractivity contribution in [2.24, 2.45) is 0 Å². The summed E-state index contributed by atoms with van der Waals surface area (Å²) in [4.78, 5) is 11.7. The van der Waals surface area contributed by atoms with Gasteiger partial charge in [0.25, 0.3) is 1.43 Å². The Morgan fingerprint density at radius 2 is 2.46 bits per heavy atom. The summed E-state index contributed by atoms with van der Waals surface area (Å²) in [5.41, 5.74) is 1.43. The van der Waals surface area contributed by atoms with Crippen LogP contribution in [-0.2, 0) is 6.42 Å². The Morgan fingerprint density at radius 1 is 1.54 bits per heavy atom. The smallest absolute Gasteiger partial charge is 0.293 e. The van der Waals surface area contributed by atoms with E-state index in [0.717, 1.165) is 5.56 Å². The molecule has 0 spiro atoms. The molecule has 0 aliphatic heterocycles. The number of phenols is 1. The van der Waals surface area contributed by atoms with E-state index >= 15 is 0 Å². The number of rotatable bonds is 2. The van der Waals surface area contributed by atoms with Crippen LogP contribution < -0.4 is 0 Å². The van der Waals surface area contributed by atoms with Gasteiger partial charge in [-0.3, -0.25) is 4.79 Å². The molecule has 1 aromatic carbocycles. The minimum absolute atomic E-state index is 0.164. The maximum atomic E-state index is 11.7. The molecule has 1 aliphatic carbocycles. The standard InChI is InChI=1S/C10H10O3/c11-7-2-3-8-6(5-7)1-4-9(12)10(8)13/h2-3,5,9,11-12H,1,4H2/i12D/hD. The molecule has 1 aromatic rings. The largest absolute Gasteiger partial charge is 0.508 e. The number of aryl methyl sites for hydroxylation is 1. The zero-order valence-electron chi connectivity index (χ0n) is 8.95.